The van der Waals surface area contributed by atoms with Crippen molar-refractivity contribution in [2.24, 2.45) is 5.92 Å². The van der Waals surface area contributed by atoms with E-state index in [0.717, 1.165) is 32.0 Å². The molecule has 1 aliphatic carbocycles. The highest BCUT2D eigenvalue weighted by Gasteiger charge is 2.21. The van der Waals surface area contributed by atoms with Crippen LogP contribution in [0.15, 0.2) is 42.5 Å². The van der Waals surface area contributed by atoms with E-state index in [1.807, 2.05) is 24.3 Å². The number of benzene rings is 2. The second-order valence-corrected chi connectivity index (χ2v) is 7.20. The van der Waals surface area contributed by atoms with E-state index >= 15 is 0 Å². The number of hydrogen-bond donors (Lipinski definition) is 1. The lowest BCUT2D eigenvalue weighted by Gasteiger charge is -2.32. The SMILES string of the molecule is COc1cccc(CCN(CCc2ccc(O)cc2)CC2CCC2)c1F. The Bertz CT molecular complexity index is 698. The first kappa shape index (κ1) is 18.7. The number of halogens is 1. The van der Waals surface area contributed by atoms with Crippen LogP contribution in [-0.4, -0.2) is 36.8 Å². The van der Waals surface area contributed by atoms with Gasteiger partial charge in [0.2, 0.25) is 0 Å². The van der Waals surface area contributed by atoms with E-state index in [2.05, 4.69) is 4.90 Å². The van der Waals surface area contributed by atoms with Crippen LogP contribution < -0.4 is 4.74 Å². The summed E-state index contributed by atoms with van der Waals surface area (Å²) in [6.07, 6.45) is 5.58. The number of phenolic OH excluding ortho intramolecular Hbond substituents is 1. The Morgan fingerprint density at radius 2 is 1.81 bits per heavy atom. The predicted octanol–water partition coefficient (Wildman–Crippen LogP) is 4.43. The van der Waals surface area contributed by atoms with Crippen LogP contribution in [0.25, 0.3) is 0 Å². The number of aromatic hydroxyl groups is 1. The van der Waals surface area contributed by atoms with E-state index in [4.69, 9.17) is 4.74 Å². The fourth-order valence-corrected chi connectivity index (χ4v) is 3.47. The molecule has 0 heterocycles. The Balaban J connectivity index is 1.59. The molecule has 2 aromatic carbocycles. The molecule has 3 rings (SSSR count). The van der Waals surface area contributed by atoms with Crippen molar-refractivity contribution in [3.05, 3.63) is 59.4 Å². The lowest BCUT2D eigenvalue weighted by Crippen LogP contribution is -2.35. The van der Waals surface area contributed by atoms with Crippen molar-refractivity contribution in [1.29, 1.82) is 0 Å². The molecule has 0 saturated heterocycles. The molecule has 1 fully saturated rings. The summed E-state index contributed by atoms with van der Waals surface area (Å²) in [6, 6.07) is 12.8. The van der Waals surface area contributed by atoms with Gasteiger partial charge in [0, 0.05) is 19.6 Å². The van der Waals surface area contributed by atoms with Crippen molar-refractivity contribution in [3.63, 3.8) is 0 Å². The summed E-state index contributed by atoms with van der Waals surface area (Å²) in [6.45, 7) is 2.88. The third-order valence-electron chi connectivity index (χ3n) is 5.35. The predicted molar refractivity (Wildman–Crippen MR) is 102 cm³/mol. The van der Waals surface area contributed by atoms with Gasteiger partial charge in [0.05, 0.1) is 7.11 Å². The summed E-state index contributed by atoms with van der Waals surface area (Å²) in [4.78, 5) is 2.45. The van der Waals surface area contributed by atoms with Crippen molar-refractivity contribution in [3.8, 4) is 11.5 Å². The van der Waals surface area contributed by atoms with Crippen LogP contribution in [0.3, 0.4) is 0 Å². The van der Waals surface area contributed by atoms with E-state index in [1.165, 1.54) is 31.9 Å². The zero-order valence-electron chi connectivity index (χ0n) is 15.5. The lowest BCUT2D eigenvalue weighted by molar-refractivity contribution is 0.180. The maximum atomic E-state index is 14.4. The number of nitrogens with zero attached hydrogens (tertiary/aromatic N) is 1. The molecule has 0 atom stereocenters. The fourth-order valence-electron chi connectivity index (χ4n) is 3.47. The molecule has 4 heteroatoms. The molecule has 1 aliphatic rings. The number of rotatable bonds is 9. The molecule has 2 aromatic rings. The summed E-state index contributed by atoms with van der Waals surface area (Å²) in [5.41, 5.74) is 1.93. The number of ether oxygens (including phenoxy) is 1. The average molecular weight is 357 g/mol. The molecule has 0 aromatic heterocycles. The van der Waals surface area contributed by atoms with Crippen LogP contribution >= 0.6 is 0 Å². The van der Waals surface area contributed by atoms with Gasteiger partial charge < -0.3 is 14.7 Å². The average Bonchev–Trinajstić information content (AvgIpc) is 2.62. The van der Waals surface area contributed by atoms with E-state index in [-0.39, 0.29) is 5.82 Å². The minimum Gasteiger partial charge on any atom is -0.508 e. The van der Waals surface area contributed by atoms with Crippen LogP contribution in [0.1, 0.15) is 30.4 Å². The lowest BCUT2D eigenvalue weighted by atomic mass is 9.85. The Kier molecular flexibility index (Phi) is 6.51. The highest BCUT2D eigenvalue weighted by atomic mass is 19.1. The second kappa shape index (κ2) is 9.04. The summed E-state index contributed by atoms with van der Waals surface area (Å²) in [7, 11) is 1.50. The number of methoxy groups -OCH3 is 1. The molecule has 0 amide bonds. The van der Waals surface area contributed by atoms with Gasteiger partial charge in [-0.3, -0.25) is 0 Å². The van der Waals surface area contributed by atoms with Gasteiger partial charge in [0.1, 0.15) is 5.75 Å². The summed E-state index contributed by atoms with van der Waals surface area (Å²) in [5, 5.41) is 9.42. The normalized spacial score (nSPS) is 14.4. The van der Waals surface area contributed by atoms with Crippen LogP contribution in [0.5, 0.6) is 11.5 Å². The van der Waals surface area contributed by atoms with E-state index in [9.17, 15) is 9.50 Å². The highest BCUT2D eigenvalue weighted by molar-refractivity contribution is 5.31. The smallest absolute Gasteiger partial charge is 0.168 e. The maximum absolute atomic E-state index is 14.4. The monoisotopic (exact) mass is 357 g/mol. The van der Waals surface area contributed by atoms with Gasteiger partial charge in [0.15, 0.2) is 11.6 Å². The molecule has 0 radical (unpaired) electrons. The Morgan fingerprint density at radius 1 is 1.08 bits per heavy atom. The minimum atomic E-state index is -0.239. The van der Waals surface area contributed by atoms with Crippen LogP contribution in [0, 0.1) is 11.7 Å². The largest absolute Gasteiger partial charge is 0.508 e. The second-order valence-electron chi connectivity index (χ2n) is 7.20. The fraction of sp³-hybridized carbons (Fsp3) is 0.455. The molecule has 0 unspecified atom stereocenters. The Morgan fingerprint density at radius 3 is 2.46 bits per heavy atom. The van der Waals surface area contributed by atoms with Gasteiger partial charge in [-0.05, 0) is 60.9 Å². The first-order valence-corrected chi connectivity index (χ1v) is 9.47. The van der Waals surface area contributed by atoms with Gasteiger partial charge >= 0.3 is 0 Å². The molecule has 0 bridgehead atoms. The zero-order chi connectivity index (χ0) is 18.4. The van der Waals surface area contributed by atoms with Crippen LogP contribution in [-0.2, 0) is 12.8 Å². The molecule has 140 valence electrons. The zero-order valence-corrected chi connectivity index (χ0v) is 15.5. The van der Waals surface area contributed by atoms with Gasteiger partial charge in [-0.2, -0.15) is 0 Å². The van der Waals surface area contributed by atoms with Crippen molar-refractivity contribution < 1.29 is 14.2 Å². The number of phenols is 1. The summed E-state index contributed by atoms with van der Waals surface area (Å²) in [5.74, 6) is 1.16. The molecule has 1 N–H and O–H groups in total. The molecule has 26 heavy (non-hydrogen) atoms. The van der Waals surface area contributed by atoms with Gasteiger partial charge in [0.25, 0.3) is 0 Å². The van der Waals surface area contributed by atoms with Gasteiger partial charge in [-0.15, -0.1) is 0 Å². The Hall–Kier alpha value is -2.07. The van der Waals surface area contributed by atoms with Crippen molar-refractivity contribution in [2.75, 3.05) is 26.7 Å². The highest BCUT2D eigenvalue weighted by Crippen LogP contribution is 2.27. The topological polar surface area (TPSA) is 32.7 Å². The molecular formula is C22H28FNO2. The van der Waals surface area contributed by atoms with E-state index in [0.29, 0.717) is 23.5 Å². The first-order chi connectivity index (χ1) is 12.7. The third-order valence-corrected chi connectivity index (χ3v) is 5.35. The quantitative estimate of drug-likeness (QED) is 0.721. The van der Waals surface area contributed by atoms with Crippen molar-refractivity contribution in [1.82, 2.24) is 4.90 Å². The van der Waals surface area contributed by atoms with Crippen LogP contribution in [0.4, 0.5) is 4.39 Å². The molecular weight excluding hydrogens is 329 g/mol. The molecule has 1 saturated carbocycles. The standard InChI is InChI=1S/C22H28FNO2/c1-26-21-7-3-6-19(22(21)23)13-15-24(16-18-4-2-5-18)14-12-17-8-10-20(25)11-9-17/h3,6-11,18,25H,2,4-5,12-16H2,1H3. The van der Waals surface area contributed by atoms with E-state index in [1.54, 1.807) is 18.2 Å². The van der Waals surface area contributed by atoms with Crippen molar-refractivity contribution in [2.45, 2.75) is 32.1 Å². The van der Waals surface area contributed by atoms with Gasteiger partial charge in [-0.25, -0.2) is 4.39 Å². The first-order valence-electron chi connectivity index (χ1n) is 9.47. The minimum absolute atomic E-state index is 0.239. The van der Waals surface area contributed by atoms with Crippen LogP contribution in [0.2, 0.25) is 0 Å². The summed E-state index contributed by atoms with van der Waals surface area (Å²) < 4.78 is 19.5. The molecule has 0 spiro atoms. The maximum Gasteiger partial charge on any atom is 0.168 e. The van der Waals surface area contributed by atoms with E-state index < -0.39 is 0 Å². The Labute approximate surface area is 155 Å². The third kappa shape index (κ3) is 4.98. The number of hydrogen-bond acceptors (Lipinski definition) is 3. The molecule has 0 aliphatic heterocycles. The summed E-state index contributed by atoms with van der Waals surface area (Å²) >= 11 is 0. The van der Waals surface area contributed by atoms with Crippen molar-refractivity contribution >= 4 is 0 Å². The molecule has 3 nitrogen and oxygen atoms in total. The van der Waals surface area contributed by atoms with Gasteiger partial charge in [-0.1, -0.05) is 30.7 Å².